The van der Waals surface area contributed by atoms with E-state index in [0.717, 1.165) is 0 Å². The molecule has 5 nitrogen and oxygen atoms in total. The second kappa shape index (κ2) is 4.97. The van der Waals surface area contributed by atoms with Gasteiger partial charge in [-0.05, 0) is 12.8 Å². The summed E-state index contributed by atoms with van der Waals surface area (Å²) < 4.78 is 6.65. The smallest absolute Gasteiger partial charge is 0.162 e. The van der Waals surface area contributed by atoms with Crippen LogP contribution >= 0.6 is 0 Å². The third-order valence-electron chi connectivity index (χ3n) is 2.12. The zero-order valence-electron chi connectivity index (χ0n) is 8.47. The fourth-order valence-electron chi connectivity index (χ4n) is 1.39. The standard InChI is InChI=1S/C9H16N2O3/c1-11-9(7(13)4-3-5-12)8(14-2)6-10-11/h6-7,12-13H,3-5H2,1-2H3. The molecule has 5 heteroatoms. The minimum Gasteiger partial charge on any atom is -0.493 e. The molecule has 1 heterocycles. The van der Waals surface area contributed by atoms with Crippen molar-refractivity contribution in [3.63, 3.8) is 0 Å². The zero-order chi connectivity index (χ0) is 10.6. The van der Waals surface area contributed by atoms with Crippen LogP contribution < -0.4 is 4.74 Å². The van der Waals surface area contributed by atoms with Crippen LogP contribution in [0.3, 0.4) is 0 Å². The van der Waals surface area contributed by atoms with Crippen molar-refractivity contribution in [2.24, 2.45) is 7.05 Å². The first-order chi connectivity index (χ1) is 6.70. The molecule has 0 saturated heterocycles. The lowest BCUT2D eigenvalue weighted by Crippen LogP contribution is -2.07. The maximum Gasteiger partial charge on any atom is 0.162 e. The minimum absolute atomic E-state index is 0.0806. The predicted molar refractivity (Wildman–Crippen MR) is 51.0 cm³/mol. The Labute approximate surface area is 82.9 Å². The number of aromatic nitrogens is 2. The largest absolute Gasteiger partial charge is 0.493 e. The molecule has 0 amide bonds. The van der Waals surface area contributed by atoms with Crippen LogP contribution in [0.15, 0.2) is 6.20 Å². The first-order valence-corrected chi connectivity index (χ1v) is 4.55. The molecule has 2 N–H and O–H groups in total. The van der Waals surface area contributed by atoms with E-state index in [1.807, 2.05) is 0 Å². The molecule has 0 aliphatic heterocycles. The number of ether oxygens (including phenoxy) is 1. The Balaban J connectivity index is 2.76. The van der Waals surface area contributed by atoms with Crippen LogP contribution in [0.5, 0.6) is 5.75 Å². The normalized spacial score (nSPS) is 12.9. The van der Waals surface area contributed by atoms with Crippen LogP contribution in [0.25, 0.3) is 0 Å². The molecule has 1 atom stereocenters. The van der Waals surface area contributed by atoms with Gasteiger partial charge in [-0.25, -0.2) is 0 Å². The maximum absolute atomic E-state index is 9.78. The fourth-order valence-corrected chi connectivity index (χ4v) is 1.39. The lowest BCUT2D eigenvalue weighted by molar-refractivity contribution is 0.140. The molecular formula is C9H16N2O3. The molecule has 0 fully saturated rings. The number of hydrogen-bond donors (Lipinski definition) is 2. The third kappa shape index (κ3) is 2.24. The first kappa shape index (κ1) is 11.0. The summed E-state index contributed by atoms with van der Waals surface area (Å²) >= 11 is 0. The number of aryl methyl sites for hydroxylation is 1. The molecule has 0 radical (unpaired) electrons. The van der Waals surface area contributed by atoms with Gasteiger partial charge in [0, 0.05) is 13.7 Å². The number of rotatable bonds is 5. The van der Waals surface area contributed by atoms with Crippen molar-refractivity contribution in [3.8, 4) is 5.75 Å². The van der Waals surface area contributed by atoms with E-state index >= 15 is 0 Å². The van der Waals surface area contributed by atoms with Crippen molar-refractivity contribution < 1.29 is 14.9 Å². The number of methoxy groups -OCH3 is 1. The third-order valence-corrected chi connectivity index (χ3v) is 2.12. The van der Waals surface area contributed by atoms with E-state index in [1.165, 1.54) is 0 Å². The van der Waals surface area contributed by atoms with Crippen LogP contribution in [0, 0.1) is 0 Å². The summed E-state index contributed by atoms with van der Waals surface area (Å²) in [7, 11) is 3.29. The average Bonchev–Trinajstić information content (AvgIpc) is 2.56. The van der Waals surface area contributed by atoms with Gasteiger partial charge in [0.2, 0.25) is 0 Å². The molecule has 14 heavy (non-hydrogen) atoms. The molecule has 80 valence electrons. The SMILES string of the molecule is COc1cnn(C)c1C(O)CCCO. The first-order valence-electron chi connectivity index (χ1n) is 4.55. The lowest BCUT2D eigenvalue weighted by Gasteiger charge is -2.11. The second-order valence-corrected chi connectivity index (χ2v) is 3.10. The summed E-state index contributed by atoms with van der Waals surface area (Å²) in [6, 6.07) is 0. The van der Waals surface area contributed by atoms with Gasteiger partial charge in [0.25, 0.3) is 0 Å². The highest BCUT2D eigenvalue weighted by Gasteiger charge is 2.17. The Hall–Kier alpha value is -1.07. The van der Waals surface area contributed by atoms with Crippen molar-refractivity contribution in [2.75, 3.05) is 13.7 Å². The van der Waals surface area contributed by atoms with Gasteiger partial charge in [-0.1, -0.05) is 0 Å². The van der Waals surface area contributed by atoms with Crippen molar-refractivity contribution in [1.82, 2.24) is 9.78 Å². The highest BCUT2D eigenvalue weighted by Crippen LogP contribution is 2.26. The number of aliphatic hydroxyl groups is 2. The molecule has 1 aromatic heterocycles. The molecular weight excluding hydrogens is 184 g/mol. The Morgan fingerprint density at radius 2 is 2.36 bits per heavy atom. The summed E-state index contributed by atoms with van der Waals surface area (Å²) in [5.41, 5.74) is 0.654. The van der Waals surface area contributed by atoms with Crippen molar-refractivity contribution in [1.29, 1.82) is 0 Å². The van der Waals surface area contributed by atoms with Crippen LogP contribution in [0.1, 0.15) is 24.6 Å². The van der Waals surface area contributed by atoms with Crippen LogP contribution in [0.4, 0.5) is 0 Å². The second-order valence-electron chi connectivity index (χ2n) is 3.10. The van der Waals surface area contributed by atoms with Gasteiger partial charge >= 0.3 is 0 Å². The van der Waals surface area contributed by atoms with Crippen molar-refractivity contribution >= 4 is 0 Å². The van der Waals surface area contributed by atoms with Gasteiger partial charge in [-0.2, -0.15) is 5.10 Å². The number of hydrogen-bond acceptors (Lipinski definition) is 4. The molecule has 0 saturated carbocycles. The maximum atomic E-state index is 9.78. The molecule has 0 aliphatic carbocycles. The molecule has 1 rings (SSSR count). The Kier molecular flexibility index (Phi) is 3.91. The van der Waals surface area contributed by atoms with E-state index in [0.29, 0.717) is 24.3 Å². The van der Waals surface area contributed by atoms with Crippen molar-refractivity contribution in [2.45, 2.75) is 18.9 Å². The monoisotopic (exact) mass is 200 g/mol. The predicted octanol–water partition coefficient (Wildman–Crippen LogP) is 0.235. The topological polar surface area (TPSA) is 67.5 Å². The number of nitrogens with zero attached hydrogens (tertiary/aromatic N) is 2. The zero-order valence-corrected chi connectivity index (χ0v) is 8.47. The Morgan fingerprint density at radius 1 is 1.64 bits per heavy atom. The summed E-state index contributed by atoms with van der Waals surface area (Å²) in [4.78, 5) is 0. The van der Waals surface area contributed by atoms with E-state index in [1.54, 1.807) is 25.0 Å². The fraction of sp³-hybridized carbons (Fsp3) is 0.667. The highest BCUT2D eigenvalue weighted by atomic mass is 16.5. The van der Waals surface area contributed by atoms with Gasteiger partial charge in [0.1, 0.15) is 5.69 Å². The van der Waals surface area contributed by atoms with E-state index in [-0.39, 0.29) is 6.61 Å². The summed E-state index contributed by atoms with van der Waals surface area (Å²) in [6.45, 7) is 0.0806. The highest BCUT2D eigenvalue weighted by molar-refractivity contribution is 5.26. The van der Waals surface area contributed by atoms with E-state index in [9.17, 15) is 5.11 Å². The summed E-state index contributed by atoms with van der Waals surface area (Å²) in [5.74, 6) is 0.581. The molecule has 0 aromatic carbocycles. The molecule has 1 unspecified atom stereocenters. The molecule has 0 spiro atoms. The van der Waals surface area contributed by atoms with Crippen LogP contribution in [0.2, 0.25) is 0 Å². The summed E-state index contributed by atoms with van der Waals surface area (Å²) in [5, 5.41) is 22.4. The molecule has 1 aromatic rings. The summed E-state index contributed by atoms with van der Waals surface area (Å²) in [6.07, 6.45) is 2.00. The van der Waals surface area contributed by atoms with Gasteiger partial charge < -0.3 is 14.9 Å². The van der Waals surface area contributed by atoms with Crippen LogP contribution in [-0.4, -0.2) is 33.7 Å². The average molecular weight is 200 g/mol. The van der Waals surface area contributed by atoms with Gasteiger partial charge in [-0.3, -0.25) is 4.68 Å². The Bertz CT molecular complexity index is 286. The quantitative estimate of drug-likeness (QED) is 0.714. The van der Waals surface area contributed by atoms with Gasteiger partial charge in [0.15, 0.2) is 5.75 Å². The van der Waals surface area contributed by atoms with Crippen LogP contribution in [-0.2, 0) is 7.05 Å². The van der Waals surface area contributed by atoms with E-state index in [4.69, 9.17) is 9.84 Å². The van der Waals surface area contributed by atoms with Gasteiger partial charge in [-0.15, -0.1) is 0 Å². The number of aliphatic hydroxyl groups excluding tert-OH is 2. The van der Waals surface area contributed by atoms with E-state index in [2.05, 4.69) is 5.10 Å². The Morgan fingerprint density at radius 3 is 2.93 bits per heavy atom. The lowest BCUT2D eigenvalue weighted by atomic mass is 10.1. The van der Waals surface area contributed by atoms with Crippen molar-refractivity contribution in [3.05, 3.63) is 11.9 Å². The minimum atomic E-state index is -0.635. The molecule has 0 bridgehead atoms. The van der Waals surface area contributed by atoms with E-state index < -0.39 is 6.10 Å². The van der Waals surface area contributed by atoms with Gasteiger partial charge in [0.05, 0.1) is 19.4 Å². The molecule has 0 aliphatic rings.